The van der Waals surface area contributed by atoms with Gasteiger partial charge in [-0.05, 0) is 24.6 Å². The van der Waals surface area contributed by atoms with Crippen molar-refractivity contribution in [3.05, 3.63) is 35.0 Å². The lowest BCUT2D eigenvalue weighted by molar-refractivity contribution is -0.142. The maximum absolute atomic E-state index is 11.0. The molecule has 90 valence electrons. The highest BCUT2D eigenvalue weighted by atomic mass is 35.5. The number of halogens is 1. The van der Waals surface area contributed by atoms with Gasteiger partial charge < -0.3 is 15.8 Å². The molecule has 0 aliphatic heterocycles. The van der Waals surface area contributed by atoms with E-state index in [4.69, 9.17) is 22.4 Å². The van der Waals surface area contributed by atoms with Crippen molar-refractivity contribution in [2.24, 2.45) is 5.73 Å². The fraction of sp³-hybridized carbons (Fsp3) is 0.250. The summed E-state index contributed by atoms with van der Waals surface area (Å²) in [7, 11) is 0. The molecule has 1 heterocycles. The van der Waals surface area contributed by atoms with E-state index in [1.165, 1.54) is 6.92 Å². The second kappa shape index (κ2) is 4.05. The molecule has 5 heteroatoms. The van der Waals surface area contributed by atoms with Crippen molar-refractivity contribution in [2.45, 2.75) is 18.9 Å². The number of nitrogens with two attached hydrogens (primary N) is 1. The Labute approximate surface area is 103 Å². The van der Waals surface area contributed by atoms with Crippen LogP contribution < -0.4 is 5.73 Å². The van der Waals surface area contributed by atoms with Crippen molar-refractivity contribution in [2.75, 3.05) is 0 Å². The Hall–Kier alpha value is -1.52. The van der Waals surface area contributed by atoms with Crippen molar-refractivity contribution >= 4 is 28.5 Å². The fourth-order valence-corrected chi connectivity index (χ4v) is 1.95. The Bertz CT molecular complexity index is 575. The molecule has 0 amide bonds. The van der Waals surface area contributed by atoms with E-state index in [2.05, 4.69) is 4.98 Å². The zero-order valence-corrected chi connectivity index (χ0v) is 10.1. The van der Waals surface area contributed by atoms with Crippen LogP contribution in [0.4, 0.5) is 0 Å². The molecule has 1 aromatic carbocycles. The molecule has 4 nitrogen and oxygen atoms in total. The normalized spacial score (nSPS) is 14.8. The number of hydrogen-bond acceptors (Lipinski definition) is 2. The molecule has 0 unspecified atom stereocenters. The molecule has 0 spiro atoms. The summed E-state index contributed by atoms with van der Waals surface area (Å²) in [6.45, 7) is 1.50. The first-order valence-corrected chi connectivity index (χ1v) is 5.56. The highest BCUT2D eigenvalue weighted by molar-refractivity contribution is 6.31. The number of hydrogen-bond donors (Lipinski definition) is 3. The van der Waals surface area contributed by atoms with E-state index in [0.29, 0.717) is 5.02 Å². The summed E-state index contributed by atoms with van der Waals surface area (Å²) >= 11 is 5.87. The van der Waals surface area contributed by atoms with Gasteiger partial charge in [0.25, 0.3) is 0 Å². The van der Waals surface area contributed by atoms with Gasteiger partial charge in [0.2, 0.25) is 0 Å². The van der Waals surface area contributed by atoms with E-state index >= 15 is 0 Å². The number of aliphatic carboxylic acids is 1. The van der Waals surface area contributed by atoms with Crippen LogP contribution in [-0.4, -0.2) is 21.6 Å². The van der Waals surface area contributed by atoms with Crippen molar-refractivity contribution in [3.8, 4) is 0 Å². The van der Waals surface area contributed by atoms with E-state index < -0.39 is 11.5 Å². The van der Waals surface area contributed by atoms with Crippen LogP contribution in [0.2, 0.25) is 5.02 Å². The number of aromatic nitrogens is 1. The first-order valence-electron chi connectivity index (χ1n) is 5.18. The quantitative estimate of drug-likeness (QED) is 0.783. The van der Waals surface area contributed by atoms with Gasteiger partial charge in [0.15, 0.2) is 0 Å². The predicted molar refractivity (Wildman–Crippen MR) is 67.2 cm³/mol. The fourth-order valence-electron chi connectivity index (χ4n) is 1.78. The Morgan fingerprint density at radius 3 is 2.94 bits per heavy atom. The molecule has 1 atom stereocenters. The number of carboxylic acids is 1. The molecule has 0 aliphatic rings. The van der Waals surface area contributed by atoms with E-state index in [0.717, 1.165) is 16.5 Å². The second-order valence-corrected chi connectivity index (χ2v) is 4.84. The molecule has 0 aliphatic carbocycles. The molecule has 0 saturated carbocycles. The van der Waals surface area contributed by atoms with Gasteiger partial charge in [0, 0.05) is 28.5 Å². The molecule has 0 bridgehead atoms. The van der Waals surface area contributed by atoms with Crippen LogP contribution in [0.5, 0.6) is 0 Å². The summed E-state index contributed by atoms with van der Waals surface area (Å²) in [5, 5.41) is 10.6. The minimum absolute atomic E-state index is 0.268. The number of carbonyl (C=O) groups is 1. The van der Waals surface area contributed by atoms with Crippen molar-refractivity contribution in [1.82, 2.24) is 4.98 Å². The number of fused-ring (bicyclic) bond motifs is 1. The molecular weight excluding hydrogens is 240 g/mol. The molecule has 2 aromatic rings. The van der Waals surface area contributed by atoms with Crippen LogP contribution in [0.15, 0.2) is 24.4 Å². The number of rotatable bonds is 3. The molecule has 17 heavy (non-hydrogen) atoms. The summed E-state index contributed by atoms with van der Waals surface area (Å²) in [6, 6.07) is 5.44. The smallest absolute Gasteiger partial charge is 0.323 e. The Morgan fingerprint density at radius 2 is 2.29 bits per heavy atom. The third-order valence-electron chi connectivity index (χ3n) is 2.78. The summed E-state index contributed by atoms with van der Waals surface area (Å²) in [4.78, 5) is 14.0. The number of benzene rings is 1. The number of carboxylic acid groups (broad SMARTS) is 1. The maximum Gasteiger partial charge on any atom is 0.323 e. The maximum atomic E-state index is 11.0. The highest BCUT2D eigenvalue weighted by Crippen LogP contribution is 2.24. The van der Waals surface area contributed by atoms with Gasteiger partial charge in [-0.25, -0.2) is 0 Å². The third kappa shape index (κ3) is 2.28. The van der Waals surface area contributed by atoms with Crippen LogP contribution in [-0.2, 0) is 11.2 Å². The standard InChI is InChI=1S/C12H13ClN2O2/c1-12(14,11(16)17)5-7-6-15-10-4-8(13)2-3-9(7)10/h2-4,6,15H,5,14H2,1H3,(H,16,17)/t12-/m0/s1. The molecule has 0 radical (unpaired) electrons. The van der Waals surface area contributed by atoms with Gasteiger partial charge in [0.1, 0.15) is 5.54 Å². The number of aromatic amines is 1. The highest BCUT2D eigenvalue weighted by Gasteiger charge is 2.29. The van der Waals surface area contributed by atoms with Crippen LogP contribution in [0.25, 0.3) is 10.9 Å². The van der Waals surface area contributed by atoms with Gasteiger partial charge in [0.05, 0.1) is 0 Å². The lowest BCUT2D eigenvalue weighted by atomic mass is 9.94. The second-order valence-electron chi connectivity index (χ2n) is 4.40. The molecule has 2 rings (SSSR count). The predicted octanol–water partition coefficient (Wildman–Crippen LogP) is 2.17. The topological polar surface area (TPSA) is 79.1 Å². The van der Waals surface area contributed by atoms with E-state index in [-0.39, 0.29) is 6.42 Å². The van der Waals surface area contributed by atoms with Crippen LogP contribution >= 0.6 is 11.6 Å². The first-order chi connectivity index (χ1) is 7.90. The largest absolute Gasteiger partial charge is 0.480 e. The molecule has 0 fully saturated rings. The molecule has 1 aromatic heterocycles. The average molecular weight is 253 g/mol. The Kier molecular flexibility index (Phi) is 2.85. The van der Waals surface area contributed by atoms with E-state index in [9.17, 15) is 4.79 Å². The zero-order valence-electron chi connectivity index (χ0n) is 9.33. The summed E-state index contributed by atoms with van der Waals surface area (Å²) < 4.78 is 0. The van der Waals surface area contributed by atoms with Crippen molar-refractivity contribution < 1.29 is 9.90 Å². The Balaban J connectivity index is 2.41. The number of nitrogens with one attached hydrogen (secondary N) is 1. The van der Waals surface area contributed by atoms with Crippen LogP contribution in [0.1, 0.15) is 12.5 Å². The van der Waals surface area contributed by atoms with E-state index in [1.54, 1.807) is 18.3 Å². The molecular formula is C12H13ClN2O2. The van der Waals surface area contributed by atoms with Gasteiger partial charge in [-0.3, -0.25) is 4.79 Å². The van der Waals surface area contributed by atoms with Crippen LogP contribution in [0, 0.1) is 0 Å². The van der Waals surface area contributed by atoms with Crippen molar-refractivity contribution in [3.63, 3.8) is 0 Å². The lowest BCUT2D eigenvalue weighted by Crippen LogP contribution is -2.46. The van der Waals surface area contributed by atoms with E-state index in [1.807, 2.05) is 6.07 Å². The minimum Gasteiger partial charge on any atom is -0.480 e. The summed E-state index contributed by atoms with van der Waals surface area (Å²) in [5.41, 5.74) is 6.22. The zero-order chi connectivity index (χ0) is 12.6. The molecule has 4 N–H and O–H groups in total. The number of H-pyrrole nitrogens is 1. The SMILES string of the molecule is C[C@](N)(Cc1c[nH]c2cc(Cl)ccc12)C(=O)O. The lowest BCUT2D eigenvalue weighted by Gasteiger charge is -2.18. The third-order valence-corrected chi connectivity index (χ3v) is 3.01. The summed E-state index contributed by atoms with van der Waals surface area (Å²) in [6.07, 6.45) is 2.04. The first kappa shape index (κ1) is 12.0. The van der Waals surface area contributed by atoms with Gasteiger partial charge in [-0.2, -0.15) is 0 Å². The molecule has 0 saturated heterocycles. The van der Waals surface area contributed by atoms with Gasteiger partial charge in [-0.15, -0.1) is 0 Å². The van der Waals surface area contributed by atoms with Gasteiger partial charge in [-0.1, -0.05) is 17.7 Å². The van der Waals surface area contributed by atoms with Crippen molar-refractivity contribution in [1.29, 1.82) is 0 Å². The Morgan fingerprint density at radius 1 is 1.59 bits per heavy atom. The average Bonchev–Trinajstić information content (AvgIpc) is 2.60. The van der Waals surface area contributed by atoms with Gasteiger partial charge >= 0.3 is 5.97 Å². The van der Waals surface area contributed by atoms with Crippen LogP contribution in [0.3, 0.4) is 0 Å². The minimum atomic E-state index is -1.27. The monoisotopic (exact) mass is 252 g/mol. The summed E-state index contributed by atoms with van der Waals surface area (Å²) in [5.74, 6) is -1.01.